The molecule has 0 saturated carbocycles. The molecule has 2 aliphatic heterocycles. The molecule has 0 N–H and O–H groups in total. The van der Waals surface area contributed by atoms with Crippen molar-refractivity contribution in [3.8, 4) is 0 Å². The highest BCUT2D eigenvalue weighted by Crippen LogP contribution is 2.53. The van der Waals surface area contributed by atoms with Gasteiger partial charge in [0.15, 0.2) is 0 Å². The number of fused-ring (bicyclic) bond motifs is 8. The Hall–Kier alpha value is -3.01. The quantitative estimate of drug-likeness (QED) is 0.201. The lowest BCUT2D eigenvalue weighted by Crippen LogP contribution is -2.29. The van der Waals surface area contributed by atoms with Gasteiger partial charge in [0.25, 0.3) is 0 Å². The van der Waals surface area contributed by atoms with Crippen LogP contribution in [0.25, 0.3) is 10.8 Å². The van der Waals surface area contributed by atoms with E-state index in [9.17, 15) is 0 Å². The Kier molecular flexibility index (Phi) is 7.91. The fraction of sp³-hybridized carbons (Fsp3) is 0.341. The Labute approximate surface area is 272 Å². The predicted octanol–water partition coefficient (Wildman–Crippen LogP) is 11.5. The number of rotatable bonds is 3. The molecule has 224 valence electrons. The summed E-state index contributed by atoms with van der Waals surface area (Å²) < 4.78 is 0. The molecule has 3 heteroatoms. The highest BCUT2D eigenvalue weighted by molar-refractivity contribution is 7.99. The van der Waals surface area contributed by atoms with Crippen molar-refractivity contribution < 1.29 is 0 Å². The average molecular weight is 614 g/mol. The van der Waals surface area contributed by atoms with Crippen molar-refractivity contribution in [3.05, 3.63) is 137 Å². The maximum Gasteiger partial charge on any atom is 0.0544 e. The van der Waals surface area contributed by atoms with Crippen molar-refractivity contribution in [1.82, 2.24) is 4.98 Å². The van der Waals surface area contributed by atoms with Gasteiger partial charge in [0.05, 0.1) is 5.69 Å². The molecule has 0 saturated heterocycles. The summed E-state index contributed by atoms with van der Waals surface area (Å²) in [6, 6.07) is 37.1. The van der Waals surface area contributed by atoms with E-state index in [2.05, 4.69) is 132 Å². The van der Waals surface area contributed by atoms with E-state index >= 15 is 0 Å². The lowest BCUT2D eigenvalue weighted by Gasteiger charge is -2.39. The van der Waals surface area contributed by atoms with Gasteiger partial charge in [-0.1, -0.05) is 113 Å². The van der Waals surface area contributed by atoms with Gasteiger partial charge in [-0.3, -0.25) is 4.98 Å². The number of aromatic nitrogens is 1. The van der Waals surface area contributed by atoms with Crippen molar-refractivity contribution in [1.29, 1.82) is 0 Å². The minimum Gasteiger partial charge on any atom is -0.260 e. The molecule has 0 aliphatic carbocycles. The number of hydrogen-bond acceptors (Lipinski definition) is 3. The molecule has 7 rings (SSSR count). The highest BCUT2D eigenvalue weighted by Gasteiger charge is 2.39. The molecule has 0 radical (unpaired) electrons. The standard InChI is InChI=1S/C41H43NS2/c1-40(2,3)37-30-13-8-11-27(22-30)21-28(25-43-32-15-9-14-31(37)23-32)24-41(4,5)38-34-17-10-20-42-36(34)26-44-39-33-16-7-6-12-29(33)18-19-35(38)39/h6-20,22-23,28,37-38H,21,24-26H2,1-5H3. The Bertz CT molecular complexity index is 1810. The van der Waals surface area contributed by atoms with Crippen LogP contribution < -0.4 is 0 Å². The van der Waals surface area contributed by atoms with Gasteiger partial charge in [-0.25, -0.2) is 0 Å². The Balaban J connectivity index is 1.30. The highest BCUT2D eigenvalue weighted by atomic mass is 32.2. The topological polar surface area (TPSA) is 12.9 Å². The summed E-state index contributed by atoms with van der Waals surface area (Å²) in [4.78, 5) is 7.78. The van der Waals surface area contributed by atoms with Crippen molar-refractivity contribution in [3.63, 3.8) is 0 Å². The zero-order chi connectivity index (χ0) is 30.5. The van der Waals surface area contributed by atoms with Gasteiger partial charge in [-0.05, 0) is 86.4 Å². The van der Waals surface area contributed by atoms with E-state index in [1.807, 2.05) is 29.7 Å². The molecule has 44 heavy (non-hydrogen) atoms. The number of thioether (sulfide) groups is 2. The first-order valence-corrected chi connectivity index (χ1v) is 18.0. The largest absolute Gasteiger partial charge is 0.260 e. The first-order chi connectivity index (χ1) is 21.2. The molecular weight excluding hydrogens is 571 g/mol. The monoisotopic (exact) mass is 613 g/mol. The molecule has 2 aliphatic rings. The predicted molar refractivity (Wildman–Crippen MR) is 190 cm³/mol. The van der Waals surface area contributed by atoms with Crippen molar-refractivity contribution >= 4 is 34.3 Å². The zero-order valence-corrected chi connectivity index (χ0v) is 28.3. The fourth-order valence-corrected chi connectivity index (χ4v) is 10.4. The molecule has 0 spiro atoms. The summed E-state index contributed by atoms with van der Waals surface area (Å²) in [7, 11) is 0. The molecule has 3 atom stereocenters. The second-order valence-corrected chi connectivity index (χ2v) is 16.7. The fourth-order valence-electron chi connectivity index (χ4n) is 8.11. The summed E-state index contributed by atoms with van der Waals surface area (Å²) in [5, 5.41) is 2.70. The third-order valence-corrected chi connectivity index (χ3v) is 12.1. The molecule has 5 aromatic rings. The van der Waals surface area contributed by atoms with Crippen LogP contribution in [0.5, 0.6) is 0 Å². The third-order valence-electron chi connectivity index (χ3n) is 9.76. The summed E-state index contributed by atoms with van der Waals surface area (Å²) in [5.74, 6) is 3.23. The van der Waals surface area contributed by atoms with E-state index in [1.54, 1.807) is 0 Å². The maximum atomic E-state index is 4.95. The van der Waals surface area contributed by atoms with Crippen LogP contribution in [-0.4, -0.2) is 10.7 Å². The van der Waals surface area contributed by atoms with Crippen LogP contribution in [-0.2, 0) is 12.2 Å². The Morgan fingerprint density at radius 3 is 2.36 bits per heavy atom. The number of nitrogens with zero attached hydrogens (tertiary/aromatic N) is 1. The minimum absolute atomic E-state index is 0.0265. The van der Waals surface area contributed by atoms with E-state index in [1.165, 1.54) is 54.1 Å². The van der Waals surface area contributed by atoms with E-state index < -0.39 is 0 Å². The Morgan fingerprint density at radius 1 is 0.727 bits per heavy atom. The maximum absolute atomic E-state index is 4.95. The van der Waals surface area contributed by atoms with Crippen molar-refractivity contribution in [2.75, 3.05) is 5.75 Å². The first-order valence-electron chi connectivity index (χ1n) is 16.1. The van der Waals surface area contributed by atoms with Crippen LogP contribution in [0.2, 0.25) is 0 Å². The normalized spacial score (nSPS) is 20.2. The molecular formula is C41H43NS2. The van der Waals surface area contributed by atoms with Crippen LogP contribution in [0, 0.1) is 16.7 Å². The van der Waals surface area contributed by atoms with Crippen LogP contribution in [0.15, 0.2) is 113 Å². The van der Waals surface area contributed by atoms with Gasteiger partial charge in [0, 0.05) is 39.3 Å². The van der Waals surface area contributed by atoms with E-state index in [-0.39, 0.29) is 16.7 Å². The number of hydrogen-bond donors (Lipinski definition) is 0. The van der Waals surface area contributed by atoms with E-state index in [0.29, 0.717) is 11.8 Å². The lowest BCUT2D eigenvalue weighted by atomic mass is 9.66. The molecule has 0 amide bonds. The van der Waals surface area contributed by atoms with Gasteiger partial charge >= 0.3 is 0 Å². The zero-order valence-electron chi connectivity index (χ0n) is 26.6. The third kappa shape index (κ3) is 5.74. The van der Waals surface area contributed by atoms with Gasteiger partial charge in [0.1, 0.15) is 0 Å². The summed E-state index contributed by atoms with van der Waals surface area (Å²) >= 11 is 4.02. The van der Waals surface area contributed by atoms with Crippen LogP contribution in [0.4, 0.5) is 0 Å². The van der Waals surface area contributed by atoms with Crippen LogP contribution >= 0.6 is 23.5 Å². The van der Waals surface area contributed by atoms with Crippen molar-refractivity contribution in [2.45, 2.75) is 74.8 Å². The van der Waals surface area contributed by atoms with Gasteiger partial charge in [-0.15, -0.1) is 23.5 Å². The van der Waals surface area contributed by atoms with E-state index in [0.717, 1.165) is 24.3 Å². The SMILES string of the molecule is CC(C)(C)C1c2cccc(c2)CC(CC(C)(C)C2c3cccnc3CSc3c2ccc2ccccc32)CSc2cccc1c2. The van der Waals surface area contributed by atoms with Gasteiger partial charge < -0.3 is 0 Å². The molecule has 1 aromatic heterocycles. The first kappa shape index (κ1) is 29.7. The average Bonchev–Trinajstić information content (AvgIpc) is 3.17. The summed E-state index contributed by atoms with van der Waals surface area (Å²) in [6.45, 7) is 12.2. The molecule has 0 fully saturated rings. The molecule has 1 nitrogen and oxygen atoms in total. The second kappa shape index (κ2) is 11.7. The lowest BCUT2D eigenvalue weighted by molar-refractivity contribution is 0.243. The van der Waals surface area contributed by atoms with E-state index in [4.69, 9.17) is 4.98 Å². The minimum atomic E-state index is 0.0265. The van der Waals surface area contributed by atoms with Gasteiger partial charge in [0.2, 0.25) is 0 Å². The van der Waals surface area contributed by atoms with Crippen molar-refractivity contribution in [2.24, 2.45) is 16.7 Å². The second-order valence-electron chi connectivity index (χ2n) is 14.7. The number of pyridine rings is 1. The van der Waals surface area contributed by atoms with Crippen LogP contribution in [0.1, 0.15) is 86.4 Å². The molecule has 4 aromatic carbocycles. The van der Waals surface area contributed by atoms with Gasteiger partial charge in [-0.2, -0.15) is 0 Å². The Morgan fingerprint density at radius 2 is 1.52 bits per heavy atom. The smallest absolute Gasteiger partial charge is 0.0544 e. The number of benzene rings is 4. The molecule has 4 bridgehead atoms. The summed E-state index contributed by atoms with van der Waals surface area (Å²) in [6.07, 6.45) is 4.22. The molecule has 3 unspecified atom stereocenters. The summed E-state index contributed by atoms with van der Waals surface area (Å²) in [5.41, 5.74) is 8.63. The molecule has 3 heterocycles. The van der Waals surface area contributed by atoms with Crippen LogP contribution in [0.3, 0.4) is 0 Å².